The third-order valence-electron chi connectivity index (χ3n) is 18.4. The van der Waals surface area contributed by atoms with Gasteiger partial charge >= 0.3 is 0 Å². The number of anilines is 6. The first-order chi connectivity index (χ1) is 34.2. The number of rotatable bonds is 4. The van der Waals surface area contributed by atoms with E-state index in [0.29, 0.717) is 5.56 Å². The van der Waals surface area contributed by atoms with Gasteiger partial charge in [0.2, 0.25) is 0 Å². The van der Waals surface area contributed by atoms with Gasteiger partial charge in [0, 0.05) is 38.1 Å². The summed E-state index contributed by atoms with van der Waals surface area (Å²) in [6.45, 7) is 28.9. The largest absolute Gasteiger partial charge is 0.311 e. The van der Waals surface area contributed by atoms with Crippen molar-refractivity contribution in [2.75, 3.05) is 9.80 Å². The molecule has 7 aromatic carbocycles. The van der Waals surface area contributed by atoms with Gasteiger partial charge in [0.1, 0.15) is 0 Å². The average Bonchev–Trinajstić information content (AvgIpc) is 3.52. The molecule has 5 aliphatic rings. The Kier molecular flexibility index (Phi) is 8.91. The van der Waals surface area contributed by atoms with Crippen molar-refractivity contribution in [3.63, 3.8) is 0 Å². The van der Waals surface area contributed by atoms with Crippen molar-refractivity contribution in [1.29, 1.82) is 0 Å². The molecular weight excluding hydrogens is 844 g/mol. The molecule has 2 heterocycles. The summed E-state index contributed by atoms with van der Waals surface area (Å²) in [5.41, 5.74) is 24.4. The van der Waals surface area contributed by atoms with Gasteiger partial charge in [-0.15, -0.1) is 0 Å². The summed E-state index contributed by atoms with van der Waals surface area (Å²) in [4.78, 5) is 5.02. The minimum Gasteiger partial charge on any atom is -0.311 e. The third-order valence-corrected chi connectivity index (χ3v) is 18.4. The quantitative estimate of drug-likeness (QED) is 0.162. The van der Waals surface area contributed by atoms with Crippen LogP contribution in [-0.4, -0.2) is 6.71 Å². The summed E-state index contributed by atoms with van der Waals surface area (Å²) in [5.74, 6) is 0. The van der Waals surface area contributed by atoms with Gasteiger partial charge in [0.25, 0.3) is 6.71 Å². The molecule has 354 valence electrons. The molecule has 0 radical (unpaired) electrons. The molecule has 3 aliphatic carbocycles. The van der Waals surface area contributed by atoms with Crippen LogP contribution in [0.4, 0.5) is 34.1 Å². The smallest absolute Gasteiger partial charge is 0.252 e. The molecule has 0 bridgehead atoms. The Balaban J connectivity index is 1.25. The lowest BCUT2D eigenvalue weighted by molar-refractivity contribution is 0.332. The standard InChI is InChI=1S/C67H73BN2/c1-41-31-59-61-60(32-41)70(56-37-50-47(33-42(56)2)62(3,4)27-29-64(50,7)8)58-39-52-49(66(11,12)40-67(52,13)14)36-54(58)68(61)53-35-48-51(65(9,10)30-28-63(48,5)6)38-57(53)69(59)55-26-25-45(43-21-17-15-18-22-43)34-46(55)44-23-19-16-20-24-44/h15-26,31-39H,27-30,40H2,1-14H3/i1D3. The fraction of sp³-hybridized carbons (Fsp3) is 0.373. The van der Waals surface area contributed by atoms with E-state index in [-0.39, 0.29) is 39.2 Å². The van der Waals surface area contributed by atoms with E-state index in [9.17, 15) is 4.11 Å². The van der Waals surface area contributed by atoms with E-state index in [1.165, 1.54) is 61.0 Å². The van der Waals surface area contributed by atoms with Crippen LogP contribution >= 0.6 is 0 Å². The summed E-state index contributed by atoms with van der Waals surface area (Å²) in [5, 5.41) is 0. The molecule has 0 N–H and O–H groups in total. The minimum absolute atomic E-state index is 0.0342. The number of hydrogen-bond donors (Lipinski definition) is 0. The second-order valence-electron chi connectivity index (χ2n) is 26.1. The molecular formula is C67H73BN2. The van der Waals surface area contributed by atoms with Gasteiger partial charge in [-0.25, -0.2) is 0 Å². The van der Waals surface area contributed by atoms with Crippen LogP contribution in [0.25, 0.3) is 22.3 Å². The van der Waals surface area contributed by atoms with Gasteiger partial charge in [-0.2, -0.15) is 0 Å². The molecule has 0 saturated carbocycles. The zero-order valence-electron chi connectivity index (χ0n) is 47.1. The first-order valence-corrected chi connectivity index (χ1v) is 26.3. The topological polar surface area (TPSA) is 6.48 Å². The summed E-state index contributed by atoms with van der Waals surface area (Å²) >= 11 is 0. The van der Waals surface area contributed by atoms with Crippen LogP contribution in [0.3, 0.4) is 0 Å². The SMILES string of the molecule is [2H]C([2H])([2H])c1cc2c3c(c1)N(c1ccc(-c4ccccc4)cc1-c1ccccc1)c1cc4c(cc1B3c1cc3c(cc1N2c1cc2c(cc1C)C(C)(C)CCC2(C)C)C(C)(C)CC3(C)C)C(C)(C)CCC4(C)C. The second-order valence-corrected chi connectivity index (χ2v) is 26.1. The average molecular weight is 920 g/mol. The molecule has 2 aliphatic heterocycles. The Hall–Kier alpha value is -5.80. The first-order valence-electron chi connectivity index (χ1n) is 27.8. The zero-order valence-corrected chi connectivity index (χ0v) is 44.1. The molecule has 7 aromatic rings. The monoisotopic (exact) mass is 920 g/mol. The Bertz CT molecular complexity index is 3450. The van der Waals surface area contributed by atoms with Crippen LogP contribution in [0.15, 0.2) is 127 Å². The van der Waals surface area contributed by atoms with Crippen molar-refractivity contribution >= 4 is 57.2 Å². The molecule has 3 heteroatoms. The maximum Gasteiger partial charge on any atom is 0.252 e. The maximum absolute atomic E-state index is 9.34. The lowest BCUT2D eigenvalue weighted by Crippen LogP contribution is -2.62. The predicted octanol–water partition coefficient (Wildman–Crippen LogP) is 16.4. The number of fused-ring (bicyclic) bond motifs is 7. The molecule has 2 nitrogen and oxygen atoms in total. The van der Waals surface area contributed by atoms with Crippen molar-refractivity contribution < 1.29 is 4.11 Å². The van der Waals surface area contributed by atoms with E-state index in [1.807, 2.05) is 6.07 Å². The highest BCUT2D eigenvalue weighted by atomic mass is 15.2. The highest BCUT2D eigenvalue weighted by molar-refractivity contribution is 7.00. The van der Waals surface area contributed by atoms with E-state index in [1.54, 1.807) is 0 Å². The van der Waals surface area contributed by atoms with Crippen LogP contribution in [0, 0.1) is 13.8 Å². The van der Waals surface area contributed by atoms with E-state index >= 15 is 0 Å². The van der Waals surface area contributed by atoms with Crippen LogP contribution in [-0.2, 0) is 32.5 Å². The molecule has 0 atom stereocenters. The van der Waals surface area contributed by atoms with Gasteiger partial charge < -0.3 is 9.80 Å². The molecule has 0 unspecified atom stereocenters. The lowest BCUT2D eigenvalue weighted by Gasteiger charge is -2.48. The van der Waals surface area contributed by atoms with Crippen molar-refractivity contribution in [3.05, 3.63) is 172 Å². The summed E-state index contributed by atoms with van der Waals surface area (Å²) in [6.07, 6.45) is 5.48. The lowest BCUT2D eigenvalue weighted by atomic mass is 9.32. The van der Waals surface area contributed by atoms with Crippen LogP contribution in [0.1, 0.15) is 164 Å². The van der Waals surface area contributed by atoms with Crippen LogP contribution in [0.2, 0.25) is 0 Å². The predicted molar refractivity (Wildman–Crippen MR) is 302 cm³/mol. The zero-order chi connectivity index (χ0) is 51.7. The van der Waals surface area contributed by atoms with Gasteiger partial charge in [-0.3, -0.25) is 0 Å². The van der Waals surface area contributed by atoms with Gasteiger partial charge in [0.15, 0.2) is 0 Å². The van der Waals surface area contributed by atoms with E-state index in [4.69, 9.17) is 0 Å². The Morgan fingerprint density at radius 1 is 0.400 bits per heavy atom. The van der Waals surface area contributed by atoms with Gasteiger partial charge in [-0.1, -0.05) is 168 Å². The van der Waals surface area contributed by atoms with E-state index in [0.717, 1.165) is 82.8 Å². The number of nitrogens with zero attached hydrogens (tertiary/aromatic N) is 2. The summed E-state index contributed by atoms with van der Waals surface area (Å²) in [7, 11) is 0. The molecule has 0 spiro atoms. The molecule has 0 fully saturated rings. The molecule has 0 saturated heterocycles. The highest BCUT2D eigenvalue weighted by Gasteiger charge is 2.50. The van der Waals surface area contributed by atoms with Crippen LogP contribution in [0.5, 0.6) is 0 Å². The van der Waals surface area contributed by atoms with Crippen molar-refractivity contribution in [2.45, 2.75) is 161 Å². The van der Waals surface area contributed by atoms with Crippen molar-refractivity contribution in [2.24, 2.45) is 0 Å². The first kappa shape index (κ1) is 41.9. The fourth-order valence-corrected chi connectivity index (χ4v) is 14.4. The number of benzene rings is 7. The fourth-order valence-electron chi connectivity index (χ4n) is 14.4. The van der Waals surface area contributed by atoms with Crippen LogP contribution < -0.4 is 26.2 Å². The third kappa shape index (κ3) is 6.65. The van der Waals surface area contributed by atoms with E-state index in [2.05, 4.69) is 221 Å². The van der Waals surface area contributed by atoms with Gasteiger partial charge in [0.05, 0.1) is 5.69 Å². The summed E-state index contributed by atoms with van der Waals surface area (Å²) < 4.78 is 28.0. The highest BCUT2D eigenvalue weighted by Crippen LogP contribution is 2.56. The van der Waals surface area contributed by atoms with Crippen molar-refractivity contribution in [3.8, 4) is 22.3 Å². The number of aryl methyl sites for hydroxylation is 2. The molecule has 0 amide bonds. The Morgan fingerprint density at radius 3 is 1.34 bits per heavy atom. The molecule has 12 rings (SSSR count). The van der Waals surface area contributed by atoms with Gasteiger partial charge in [-0.05, 0) is 198 Å². The Morgan fingerprint density at radius 2 is 0.829 bits per heavy atom. The second kappa shape index (κ2) is 14.9. The Labute approximate surface area is 424 Å². The normalized spacial score (nSPS) is 20.7. The number of hydrogen-bond acceptors (Lipinski definition) is 2. The van der Waals surface area contributed by atoms with Crippen molar-refractivity contribution in [1.82, 2.24) is 0 Å². The van der Waals surface area contributed by atoms with E-state index < -0.39 is 6.85 Å². The minimum atomic E-state index is -2.39. The maximum atomic E-state index is 9.34. The summed E-state index contributed by atoms with van der Waals surface area (Å²) in [6, 6.07) is 47.8. The molecule has 70 heavy (non-hydrogen) atoms. The molecule has 0 aromatic heterocycles.